The molecule has 2 aliphatic heterocycles. The van der Waals surface area contributed by atoms with Crippen LogP contribution in [0.1, 0.15) is 48.4 Å². The molecule has 3 nitrogen and oxygen atoms in total. The molecule has 3 rings (SSSR count). The lowest BCUT2D eigenvalue weighted by Crippen LogP contribution is -2.47. The maximum Gasteiger partial charge on any atom is 0.258 e. The van der Waals surface area contributed by atoms with E-state index in [1.54, 1.807) is 0 Å². The quantitative estimate of drug-likeness (QED) is 0.854. The maximum atomic E-state index is 13.0. The molecule has 0 saturated carbocycles. The third-order valence-corrected chi connectivity index (χ3v) is 5.25. The van der Waals surface area contributed by atoms with Gasteiger partial charge in [-0.15, -0.1) is 0 Å². The average molecular weight is 299 g/mol. The molecule has 1 saturated heterocycles. The number of aliphatic hydroxyl groups is 1. The Bertz CT molecular complexity index is 636. The molecule has 22 heavy (non-hydrogen) atoms. The summed E-state index contributed by atoms with van der Waals surface area (Å²) in [5.74, 6) is 0.388. The molecular formula is C19H25NO2. The van der Waals surface area contributed by atoms with Gasteiger partial charge in [0.1, 0.15) is 5.76 Å². The van der Waals surface area contributed by atoms with Crippen LogP contribution in [-0.2, 0) is 4.79 Å². The van der Waals surface area contributed by atoms with Crippen molar-refractivity contribution in [2.24, 2.45) is 5.92 Å². The van der Waals surface area contributed by atoms with E-state index in [1.807, 2.05) is 18.7 Å². The molecule has 1 aromatic carbocycles. The Morgan fingerprint density at radius 2 is 1.77 bits per heavy atom. The van der Waals surface area contributed by atoms with Gasteiger partial charge in [-0.2, -0.15) is 0 Å². The zero-order valence-electron chi connectivity index (χ0n) is 13.9. The first-order valence-corrected chi connectivity index (χ1v) is 8.24. The second-order valence-corrected chi connectivity index (χ2v) is 6.88. The summed E-state index contributed by atoms with van der Waals surface area (Å²) in [4.78, 5) is 15.0. The zero-order chi connectivity index (χ0) is 16.0. The van der Waals surface area contributed by atoms with Gasteiger partial charge in [0, 0.05) is 18.5 Å². The van der Waals surface area contributed by atoms with Gasteiger partial charge in [-0.3, -0.25) is 4.79 Å². The number of hydrogen-bond donors (Lipinski definition) is 1. The Labute approximate surface area is 132 Å². The van der Waals surface area contributed by atoms with E-state index in [-0.39, 0.29) is 17.9 Å². The van der Waals surface area contributed by atoms with Gasteiger partial charge in [0.15, 0.2) is 0 Å². The molecule has 0 aromatic heterocycles. The summed E-state index contributed by atoms with van der Waals surface area (Å²) in [7, 11) is 0. The Morgan fingerprint density at radius 3 is 2.41 bits per heavy atom. The van der Waals surface area contributed by atoms with Crippen molar-refractivity contribution >= 4 is 11.5 Å². The van der Waals surface area contributed by atoms with Crippen LogP contribution in [0.25, 0.3) is 5.57 Å². The smallest absolute Gasteiger partial charge is 0.258 e. The lowest BCUT2D eigenvalue weighted by Gasteiger charge is -2.38. The van der Waals surface area contributed by atoms with E-state index >= 15 is 0 Å². The van der Waals surface area contributed by atoms with E-state index in [2.05, 4.69) is 26.0 Å². The number of amides is 1. The molecule has 2 aliphatic rings. The minimum absolute atomic E-state index is 0.00166. The molecule has 1 N–H and O–H groups in total. The summed E-state index contributed by atoms with van der Waals surface area (Å²) in [6.07, 6.45) is 3.06. The van der Waals surface area contributed by atoms with Crippen molar-refractivity contribution in [2.75, 3.05) is 6.54 Å². The fraction of sp³-hybridized carbons (Fsp3) is 0.526. The number of hydrogen-bond acceptors (Lipinski definition) is 2. The minimum atomic E-state index is -0.00166. The second-order valence-electron chi connectivity index (χ2n) is 6.88. The maximum absolute atomic E-state index is 13.0. The number of carbonyl (C=O) groups excluding carboxylic acids is 1. The third kappa shape index (κ3) is 2.23. The van der Waals surface area contributed by atoms with Crippen LogP contribution < -0.4 is 0 Å². The summed E-state index contributed by atoms with van der Waals surface area (Å²) in [6.45, 7) is 8.98. The molecule has 0 radical (unpaired) electrons. The van der Waals surface area contributed by atoms with Gasteiger partial charge in [0.25, 0.3) is 5.91 Å². The van der Waals surface area contributed by atoms with Crippen molar-refractivity contribution in [1.29, 1.82) is 0 Å². The topological polar surface area (TPSA) is 40.5 Å². The van der Waals surface area contributed by atoms with Crippen molar-refractivity contribution in [1.82, 2.24) is 4.90 Å². The standard InChI is InChI=1S/C19H25NO2/c1-11-9-12(2)16(13(3)10-11)17-18(21)15-7-5-6-8-20(14(15)4)19(17)22/h9-10,14-15,21H,5-8H2,1-4H3/t14-,15+/m0/s1. The molecule has 1 amide bonds. The summed E-state index contributed by atoms with van der Waals surface area (Å²) in [5.41, 5.74) is 4.80. The first-order valence-electron chi connectivity index (χ1n) is 8.24. The lowest BCUT2D eigenvalue weighted by atomic mass is 9.82. The van der Waals surface area contributed by atoms with Crippen LogP contribution in [0, 0.1) is 26.7 Å². The van der Waals surface area contributed by atoms with Gasteiger partial charge in [-0.1, -0.05) is 24.1 Å². The lowest BCUT2D eigenvalue weighted by molar-refractivity contribution is -0.128. The fourth-order valence-corrected chi connectivity index (χ4v) is 4.21. The zero-order valence-corrected chi connectivity index (χ0v) is 13.9. The van der Waals surface area contributed by atoms with Crippen LogP contribution in [0.4, 0.5) is 0 Å². The first kappa shape index (κ1) is 15.1. The number of aliphatic hydroxyl groups excluding tert-OH is 1. The van der Waals surface area contributed by atoms with Crippen LogP contribution in [0.5, 0.6) is 0 Å². The summed E-state index contributed by atoms with van der Waals surface area (Å²) in [6, 6.07) is 4.28. The highest BCUT2D eigenvalue weighted by Gasteiger charge is 2.41. The van der Waals surface area contributed by atoms with Gasteiger partial charge in [0.2, 0.25) is 0 Å². The Hall–Kier alpha value is -1.77. The molecule has 0 spiro atoms. The monoisotopic (exact) mass is 299 g/mol. The predicted octanol–water partition coefficient (Wildman–Crippen LogP) is 3.91. The van der Waals surface area contributed by atoms with Crippen molar-refractivity contribution in [2.45, 2.75) is 53.0 Å². The largest absolute Gasteiger partial charge is 0.511 e. The van der Waals surface area contributed by atoms with Gasteiger partial charge in [-0.25, -0.2) is 0 Å². The summed E-state index contributed by atoms with van der Waals surface area (Å²) >= 11 is 0. The second kappa shape index (κ2) is 5.45. The van der Waals surface area contributed by atoms with Crippen LogP contribution in [0.15, 0.2) is 17.9 Å². The number of nitrogens with zero attached hydrogens (tertiary/aromatic N) is 1. The minimum Gasteiger partial charge on any atom is -0.511 e. The van der Waals surface area contributed by atoms with Crippen LogP contribution >= 0.6 is 0 Å². The number of rotatable bonds is 1. The molecule has 0 aliphatic carbocycles. The molecule has 3 heteroatoms. The number of aryl methyl sites for hydroxylation is 3. The molecule has 2 heterocycles. The molecule has 118 valence electrons. The Morgan fingerprint density at radius 1 is 1.14 bits per heavy atom. The van der Waals surface area contributed by atoms with Crippen molar-refractivity contribution < 1.29 is 9.90 Å². The SMILES string of the molecule is Cc1cc(C)c(C2=C(O)[C@@H]3CCCCN(C2=O)[C@H]3C)c(C)c1. The number of carbonyl (C=O) groups is 1. The third-order valence-electron chi connectivity index (χ3n) is 5.25. The molecule has 2 bridgehead atoms. The fourth-order valence-electron chi connectivity index (χ4n) is 4.21. The average Bonchev–Trinajstić information content (AvgIpc) is 2.59. The van der Waals surface area contributed by atoms with Crippen LogP contribution in [0.3, 0.4) is 0 Å². The predicted molar refractivity (Wildman–Crippen MR) is 88.7 cm³/mol. The van der Waals surface area contributed by atoms with E-state index in [9.17, 15) is 9.90 Å². The van der Waals surface area contributed by atoms with E-state index < -0.39 is 0 Å². The first-order chi connectivity index (χ1) is 10.4. The highest BCUT2D eigenvalue weighted by molar-refractivity contribution is 6.21. The normalized spacial score (nSPS) is 25.5. The summed E-state index contributed by atoms with van der Waals surface area (Å²) in [5, 5.41) is 10.8. The van der Waals surface area contributed by atoms with Crippen molar-refractivity contribution in [3.05, 3.63) is 40.1 Å². The summed E-state index contributed by atoms with van der Waals surface area (Å²) < 4.78 is 0. The molecular weight excluding hydrogens is 274 g/mol. The molecule has 2 atom stereocenters. The number of benzene rings is 1. The number of fused-ring (bicyclic) bond motifs is 2. The molecule has 1 aromatic rings. The van der Waals surface area contributed by atoms with Crippen molar-refractivity contribution in [3.8, 4) is 0 Å². The van der Waals surface area contributed by atoms with E-state index in [0.717, 1.165) is 42.5 Å². The van der Waals surface area contributed by atoms with E-state index in [0.29, 0.717) is 11.3 Å². The highest BCUT2D eigenvalue weighted by atomic mass is 16.3. The van der Waals surface area contributed by atoms with Crippen LogP contribution in [0.2, 0.25) is 0 Å². The van der Waals surface area contributed by atoms with Gasteiger partial charge in [0.05, 0.1) is 5.57 Å². The van der Waals surface area contributed by atoms with Gasteiger partial charge >= 0.3 is 0 Å². The van der Waals surface area contributed by atoms with E-state index in [1.165, 1.54) is 5.56 Å². The highest BCUT2D eigenvalue weighted by Crippen LogP contribution is 2.40. The van der Waals surface area contributed by atoms with Gasteiger partial charge in [-0.05, 0) is 57.2 Å². The van der Waals surface area contributed by atoms with Crippen molar-refractivity contribution in [3.63, 3.8) is 0 Å². The van der Waals surface area contributed by atoms with Crippen LogP contribution in [-0.4, -0.2) is 28.5 Å². The van der Waals surface area contributed by atoms with Gasteiger partial charge < -0.3 is 10.0 Å². The Balaban J connectivity index is 2.21. The molecule has 1 fully saturated rings. The van der Waals surface area contributed by atoms with E-state index in [4.69, 9.17) is 0 Å². The Kier molecular flexibility index (Phi) is 3.75. The molecule has 0 unspecified atom stereocenters.